The molecule has 1 aliphatic heterocycles. The van der Waals surface area contributed by atoms with Crippen molar-refractivity contribution in [3.05, 3.63) is 86.7 Å². The van der Waals surface area contributed by atoms with E-state index in [1.165, 1.54) is 6.07 Å². The molecule has 2 heterocycles. The Hall–Kier alpha value is -3.00. The van der Waals surface area contributed by atoms with Crippen molar-refractivity contribution < 1.29 is 19.1 Å². The van der Waals surface area contributed by atoms with Crippen LogP contribution in [0.15, 0.2) is 63.8 Å². The number of nitrogens with one attached hydrogen (secondary N) is 1. The molecule has 1 aliphatic rings. The van der Waals surface area contributed by atoms with Crippen molar-refractivity contribution in [3.63, 3.8) is 0 Å². The molecule has 8 heteroatoms. The second kappa shape index (κ2) is 7.20. The smallest absolute Gasteiger partial charge is 0.349 e. The summed E-state index contributed by atoms with van der Waals surface area (Å²) in [6.07, 6.45) is -1.40. The van der Waals surface area contributed by atoms with E-state index in [2.05, 4.69) is 5.32 Å². The van der Waals surface area contributed by atoms with Gasteiger partial charge in [0, 0.05) is 10.6 Å². The lowest BCUT2D eigenvalue weighted by molar-refractivity contribution is -0.0232. The zero-order valence-electron chi connectivity index (χ0n) is 14.1. The summed E-state index contributed by atoms with van der Waals surface area (Å²) >= 11 is 11.2. The molecule has 1 aromatic heterocycles. The van der Waals surface area contributed by atoms with Crippen LogP contribution >= 0.6 is 23.8 Å². The Morgan fingerprint density at radius 3 is 2.64 bits per heavy atom. The van der Waals surface area contributed by atoms with Crippen LogP contribution in [0.25, 0.3) is 11.3 Å². The molecule has 1 atom stereocenters. The molecule has 2 aromatic carbocycles. The lowest BCUT2D eigenvalue weighted by Crippen LogP contribution is -2.33. The molecule has 4 rings (SSSR count). The Labute approximate surface area is 169 Å². The maximum absolute atomic E-state index is 12.5. The summed E-state index contributed by atoms with van der Waals surface area (Å²) in [5, 5.41) is 13.2. The number of fused-ring (bicyclic) bond motifs is 3. The number of hydrogen-bond acceptors (Lipinski definition) is 6. The first-order valence-electron chi connectivity index (χ1n) is 8.17. The Kier molecular flexibility index (Phi) is 4.72. The van der Waals surface area contributed by atoms with Gasteiger partial charge >= 0.3 is 5.63 Å². The van der Waals surface area contributed by atoms with Crippen LogP contribution in [0.1, 0.15) is 27.8 Å². The van der Waals surface area contributed by atoms with Crippen LogP contribution in [0.5, 0.6) is 5.75 Å². The van der Waals surface area contributed by atoms with Gasteiger partial charge in [0.2, 0.25) is 6.29 Å². The van der Waals surface area contributed by atoms with Gasteiger partial charge in [0.1, 0.15) is 16.3 Å². The first-order chi connectivity index (χ1) is 13.4. The summed E-state index contributed by atoms with van der Waals surface area (Å²) in [5.74, 6) is -0.326. The molecule has 0 aliphatic carbocycles. The van der Waals surface area contributed by atoms with E-state index >= 15 is 0 Å². The molecule has 6 nitrogen and oxygen atoms in total. The van der Waals surface area contributed by atoms with Crippen molar-refractivity contribution >= 4 is 34.7 Å². The quantitative estimate of drug-likeness (QED) is 0.625. The minimum Gasteiger partial charge on any atom is -0.460 e. The molecule has 0 bridgehead atoms. The molecule has 2 N–H and O–H groups in total. The normalized spacial score (nSPS) is 14.4. The number of aliphatic hydroxyl groups excluding tert-OH is 1. The number of halogens is 1. The van der Waals surface area contributed by atoms with Crippen molar-refractivity contribution in [1.29, 1.82) is 0 Å². The van der Waals surface area contributed by atoms with Crippen molar-refractivity contribution in [1.82, 2.24) is 5.32 Å². The second-order valence-electron chi connectivity index (χ2n) is 5.99. The third-order valence-corrected chi connectivity index (χ3v) is 4.75. The van der Waals surface area contributed by atoms with Gasteiger partial charge in [0.05, 0.1) is 11.1 Å². The number of hydrogen-bond donors (Lipinski definition) is 2. The predicted molar refractivity (Wildman–Crippen MR) is 107 cm³/mol. The summed E-state index contributed by atoms with van der Waals surface area (Å²) in [5.41, 5.74) is 0.0132. The molecule has 1 unspecified atom stereocenters. The molecular formula is C20H12ClNO5S. The summed E-state index contributed by atoms with van der Waals surface area (Å²) in [4.78, 5) is 25.1. The number of carbonyl (C=O) groups is 1. The average Bonchev–Trinajstić information content (AvgIpc) is 2.69. The highest BCUT2D eigenvalue weighted by Gasteiger charge is 2.30. The summed E-state index contributed by atoms with van der Waals surface area (Å²) in [6, 6.07) is 14.8. The zero-order chi connectivity index (χ0) is 19.8. The Bertz CT molecular complexity index is 1160. The highest BCUT2D eigenvalue weighted by molar-refractivity contribution is 7.80. The molecule has 0 saturated heterocycles. The fourth-order valence-corrected chi connectivity index (χ4v) is 3.24. The first kappa shape index (κ1) is 18.4. The van der Waals surface area contributed by atoms with Crippen molar-refractivity contribution in [2.24, 2.45) is 0 Å². The van der Waals surface area contributed by atoms with Crippen LogP contribution in [0.3, 0.4) is 0 Å². The molecule has 140 valence electrons. The van der Waals surface area contributed by atoms with Crippen LogP contribution in [-0.4, -0.2) is 16.0 Å². The Morgan fingerprint density at radius 2 is 1.89 bits per heavy atom. The Morgan fingerprint density at radius 1 is 1.14 bits per heavy atom. The first-order valence-corrected chi connectivity index (χ1v) is 8.96. The molecule has 1 amide bonds. The van der Waals surface area contributed by atoms with Crippen molar-refractivity contribution in [3.8, 4) is 17.1 Å². The van der Waals surface area contributed by atoms with Crippen LogP contribution < -0.4 is 15.7 Å². The minimum absolute atomic E-state index is 0.100. The van der Waals surface area contributed by atoms with Crippen LogP contribution in [-0.2, 0) is 0 Å². The van der Waals surface area contributed by atoms with Gasteiger partial charge in [0.15, 0.2) is 5.76 Å². The number of thiocarbonyl (C=S) groups is 1. The summed E-state index contributed by atoms with van der Waals surface area (Å²) in [7, 11) is 0. The average molecular weight is 414 g/mol. The maximum atomic E-state index is 12.5. The van der Waals surface area contributed by atoms with E-state index in [0.717, 1.165) is 0 Å². The number of benzene rings is 2. The molecule has 28 heavy (non-hydrogen) atoms. The topological polar surface area (TPSA) is 88.8 Å². The largest absolute Gasteiger partial charge is 0.460 e. The van der Waals surface area contributed by atoms with Gasteiger partial charge in [0.25, 0.3) is 5.91 Å². The number of carbonyl (C=O) groups excluding carboxylic acids is 1. The second-order valence-corrected chi connectivity index (χ2v) is 6.84. The molecule has 0 spiro atoms. The SMILES string of the molecule is O=C(NC(=S)c1ccccc1)c1cc2c(oc1=O)-c1cc(Cl)ccc1OC2O. The van der Waals surface area contributed by atoms with Gasteiger partial charge < -0.3 is 19.6 Å². The number of ether oxygens (including phenoxy) is 1. The van der Waals surface area contributed by atoms with Crippen LogP contribution in [0.2, 0.25) is 5.02 Å². The van der Waals surface area contributed by atoms with E-state index < -0.39 is 17.8 Å². The zero-order valence-corrected chi connectivity index (χ0v) is 15.7. The van der Waals surface area contributed by atoms with E-state index in [0.29, 0.717) is 21.9 Å². The standard InChI is InChI=1S/C20H12ClNO5S/c21-11-6-7-15-12(8-11)16-13(19(24)26-15)9-14(20(25)27-16)17(23)22-18(28)10-4-2-1-3-5-10/h1-9,19,24H,(H,22,23,28). The third kappa shape index (κ3) is 3.31. The third-order valence-electron chi connectivity index (χ3n) is 4.18. The molecular weight excluding hydrogens is 402 g/mol. The molecule has 0 radical (unpaired) electrons. The van der Waals surface area contributed by atoms with E-state index in [9.17, 15) is 14.7 Å². The lowest BCUT2D eigenvalue weighted by atomic mass is 10.0. The van der Waals surface area contributed by atoms with Crippen molar-refractivity contribution in [2.45, 2.75) is 6.29 Å². The van der Waals surface area contributed by atoms with E-state index in [1.807, 2.05) is 6.07 Å². The van der Waals surface area contributed by atoms with Gasteiger partial charge in [-0.15, -0.1) is 0 Å². The highest BCUT2D eigenvalue weighted by atomic mass is 35.5. The van der Waals surface area contributed by atoms with Crippen LogP contribution in [0.4, 0.5) is 0 Å². The van der Waals surface area contributed by atoms with Gasteiger partial charge in [-0.05, 0) is 24.3 Å². The van der Waals surface area contributed by atoms with E-state index in [-0.39, 0.29) is 21.9 Å². The molecule has 3 aromatic rings. The maximum Gasteiger partial charge on any atom is 0.349 e. The monoisotopic (exact) mass is 413 g/mol. The molecule has 0 fully saturated rings. The van der Waals surface area contributed by atoms with E-state index in [1.54, 1.807) is 42.5 Å². The Balaban J connectivity index is 1.71. The minimum atomic E-state index is -1.40. The number of aliphatic hydroxyl groups is 1. The number of rotatable bonds is 2. The van der Waals surface area contributed by atoms with Gasteiger partial charge in [-0.25, -0.2) is 4.79 Å². The van der Waals surface area contributed by atoms with Crippen LogP contribution in [0, 0.1) is 0 Å². The van der Waals surface area contributed by atoms with Gasteiger partial charge in [-0.1, -0.05) is 54.2 Å². The van der Waals surface area contributed by atoms with E-state index in [4.69, 9.17) is 33.0 Å². The summed E-state index contributed by atoms with van der Waals surface area (Å²) in [6.45, 7) is 0. The van der Waals surface area contributed by atoms with Crippen molar-refractivity contribution in [2.75, 3.05) is 0 Å². The lowest BCUT2D eigenvalue weighted by Gasteiger charge is -2.24. The highest BCUT2D eigenvalue weighted by Crippen LogP contribution is 2.42. The fourth-order valence-electron chi connectivity index (χ4n) is 2.84. The number of amides is 1. The fraction of sp³-hybridized carbons (Fsp3) is 0.0500. The summed E-state index contributed by atoms with van der Waals surface area (Å²) < 4.78 is 10.7. The van der Waals surface area contributed by atoms with Gasteiger partial charge in [-0.2, -0.15) is 0 Å². The predicted octanol–water partition coefficient (Wildman–Crippen LogP) is 3.45. The van der Waals surface area contributed by atoms with Gasteiger partial charge in [-0.3, -0.25) is 4.79 Å². The molecule has 0 saturated carbocycles.